The van der Waals surface area contributed by atoms with Gasteiger partial charge in [-0.1, -0.05) is 239 Å². The van der Waals surface area contributed by atoms with E-state index in [0.29, 0.717) is 53.3 Å². The highest BCUT2D eigenvalue weighted by Crippen LogP contribution is 2.40. The number of alkyl halides is 1. The molecule has 0 aliphatic carbocycles. The number of nitrogens with zero attached hydrogens (tertiary/aromatic N) is 11. The Morgan fingerprint density at radius 2 is 0.828 bits per heavy atom. The van der Waals surface area contributed by atoms with Gasteiger partial charge in [-0.3, -0.25) is 24.0 Å². The molecule has 12 aromatic rings. The molecule has 0 bridgehead atoms. The van der Waals surface area contributed by atoms with E-state index in [1.807, 2.05) is 140 Å². The van der Waals surface area contributed by atoms with Gasteiger partial charge in [-0.15, -0.1) is 0 Å². The van der Waals surface area contributed by atoms with Crippen LogP contribution in [0.1, 0.15) is 146 Å². The predicted molar refractivity (Wildman–Crippen MR) is 584 cm³/mol. The number of aliphatic hydroxyl groups is 2. The number of rotatable bonds is 27. The summed E-state index contributed by atoms with van der Waals surface area (Å²) in [5, 5.41) is 64.1. The molecule has 5 aliphatic heterocycles. The number of nitrogens with one attached hydrogen (secondary N) is 1. The average Bonchev–Trinajstić information content (AvgIpc) is 0.803. The van der Waals surface area contributed by atoms with Gasteiger partial charge in [0.25, 0.3) is 10.1 Å². The lowest BCUT2D eigenvalue weighted by Gasteiger charge is -2.43. The minimum absolute atomic E-state index is 0.0666. The third-order valence-electron chi connectivity index (χ3n) is 25.2. The Morgan fingerprint density at radius 1 is 0.476 bits per heavy atom. The first-order valence-electron chi connectivity index (χ1n) is 48.7. The molecule has 0 saturated carbocycles. The Labute approximate surface area is 887 Å². The van der Waals surface area contributed by atoms with Crippen molar-refractivity contribution in [1.82, 2.24) is 20.0 Å². The van der Waals surface area contributed by atoms with Gasteiger partial charge in [-0.25, -0.2) is 4.79 Å². The Morgan fingerprint density at radius 3 is 1.15 bits per heavy atom. The number of anilines is 4. The van der Waals surface area contributed by atoms with Crippen LogP contribution in [0.5, 0.6) is 0 Å². The molecular formula is C114H123Cl6N12O11PS. The first-order valence-corrected chi connectivity index (χ1v) is 51.9. The molecule has 7 atom stereocenters. The first-order chi connectivity index (χ1) is 70.8. The molecule has 145 heavy (non-hydrogen) atoms. The van der Waals surface area contributed by atoms with Crippen LogP contribution in [0.25, 0.3) is 0 Å². The summed E-state index contributed by atoms with van der Waals surface area (Å²) in [6.45, 7) is 20.0. The number of benzene rings is 12. The number of esters is 1. The maximum absolute atomic E-state index is 11.9. The number of aryl methyl sites for hydroxylation is 1. The van der Waals surface area contributed by atoms with E-state index >= 15 is 0 Å². The minimum Gasteiger partial charge on any atom is -0.466 e. The van der Waals surface area contributed by atoms with Crippen molar-refractivity contribution in [2.45, 2.75) is 126 Å². The minimum atomic E-state index is -4.02. The lowest BCUT2D eigenvalue weighted by molar-refractivity contribution is -0.161. The largest absolute Gasteiger partial charge is 0.466 e. The maximum atomic E-state index is 11.9. The molecule has 12 aromatic carbocycles. The van der Waals surface area contributed by atoms with Crippen molar-refractivity contribution in [3.8, 4) is 24.3 Å². The molecule has 7 unspecified atom stereocenters. The summed E-state index contributed by atoms with van der Waals surface area (Å²) in [4.78, 5) is 38.3. The molecule has 5 saturated heterocycles. The molecule has 23 nitrogen and oxygen atoms in total. The fraction of sp³-hybridized carbons (Fsp3) is 0.316. The van der Waals surface area contributed by atoms with Crippen molar-refractivity contribution in [2.75, 3.05) is 131 Å². The van der Waals surface area contributed by atoms with Crippen LogP contribution < -0.4 is 24.9 Å². The van der Waals surface area contributed by atoms with E-state index in [0.717, 1.165) is 202 Å². The van der Waals surface area contributed by atoms with Gasteiger partial charge in [0, 0.05) is 150 Å². The fourth-order valence-corrected chi connectivity index (χ4v) is 19.4. The van der Waals surface area contributed by atoms with Gasteiger partial charge in [0.2, 0.25) is 0 Å². The normalized spacial score (nSPS) is 17.1. The smallest absolute Gasteiger partial charge is 0.405 e. The van der Waals surface area contributed by atoms with Crippen molar-refractivity contribution in [3.63, 3.8) is 0 Å². The number of hydrogen-bond acceptors (Lipinski definition) is 22. The Balaban J connectivity index is 0.000000175. The highest BCUT2D eigenvalue weighted by molar-refractivity contribution is 7.85. The number of carbonyl (C=O) groups is 2. The number of halogens is 6. The lowest BCUT2D eigenvalue weighted by Crippen LogP contribution is -2.48. The van der Waals surface area contributed by atoms with E-state index in [-0.39, 0.29) is 61.0 Å². The van der Waals surface area contributed by atoms with Gasteiger partial charge in [-0.2, -0.15) is 39.3 Å². The van der Waals surface area contributed by atoms with E-state index in [2.05, 4.69) is 196 Å². The van der Waals surface area contributed by atoms with Crippen molar-refractivity contribution in [2.24, 2.45) is 0 Å². The standard InChI is InChI=1S/C31H34ClN3O2.C28H28ClN3O2.C26H26ClN3O.C19H20ClN3O.C7H8O3S.C3H4Cl2O2.H3P/c32-28-12-10-26(11-13-28)30-23-34(22-25-6-2-1-3-7-25)16-17-35(30)29-14-9-24(20-27(29)21-33)15-19-37-31-8-4-5-18-36-31;1-2-34-28(33)17-22-8-13-26(24(16-22)18-30)32-15-14-31(19-21-6-4-3-5-7-21)20-27(32)23-9-11-25(29)12-10-23;27-24-9-7-22(8-10-24)26-19-29(18-21-4-2-1-3-5-21)13-14-30(26)25-11-6-20(12-15-31)16-23(25)17-28;20-17-4-2-15(3-5-17)19-13-22-8-9-23(19)18-6-1-14(7-10-24)11-16(18)12-21;1-6-2-4-7(5-3-6)11(8,9)10;1-2(4)7-3(5)6;/h1-3,6-7,9-14,20,30-31H,4-5,8,15-19,22-23H2;3-13,16,27H,2,14-15,17,19-20H2,1H3;1-11,16,26,31H,12-15,18-19H2;1-6,11,19,22,24H,7-10,13H2;2-5H,1H3,(H,8,9,10);2H,1H3;1H3/i;;;;;;1D. The number of hydrogen-bond donors (Lipinski definition) is 4. The summed E-state index contributed by atoms with van der Waals surface area (Å²) in [5.41, 5.74) is 18.3. The summed E-state index contributed by atoms with van der Waals surface area (Å²) < 4.78 is 56.0. The zero-order chi connectivity index (χ0) is 104. The Bertz CT molecular complexity index is 6400. The van der Waals surface area contributed by atoms with Gasteiger partial charge in [0.1, 0.15) is 24.3 Å². The van der Waals surface area contributed by atoms with Crippen LogP contribution in [-0.2, 0) is 79.2 Å². The molecule has 0 aromatic heterocycles. The lowest BCUT2D eigenvalue weighted by atomic mass is 9.98. The maximum Gasteiger partial charge on any atom is 0.405 e. The SMILES string of the molecule is CC(Cl)OC(=O)Cl.CCOC(=O)Cc1ccc(N2CCN(Cc3ccccc3)CC2c2ccc(Cl)cc2)c(C#N)c1.Cc1ccc(S(=O)(=O)O)cc1.N#Cc1cc(CCO)ccc1N1CCN(Cc2ccccc2)CC1c1ccc(Cl)cc1.N#Cc1cc(CCO)ccc1N1CCNCC1c1ccc(Cl)cc1.N#Cc1cc(CCOC2CCCCO2)ccc1N1CCN(Cc2ccccc2)CC1c1ccc(Cl)cc1.[2H]P. The summed E-state index contributed by atoms with van der Waals surface area (Å²) in [6.07, 6.45) is 5.20. The zero-order valence-corrected chi connectivity index (χ0v) is 88.0. The highest BCUT2D eigenvalue weighted by atomic mass is 35.5. The fourth-order valence-electron chi connectivity index (χ4n) is 18.1. The van der Waals surface area contributed by atoms with Gasteiger partial charge >= 0.3 is 11.4 Å². The van der Waals surface area contributed by atoms with Crippen molar-refractivity contribution >= 4 is 124 Å². The molecule has 758 valence electrons. The number of nitriles is 4. The average molecular weight is 2110 g/mol. The second-order valence-corrected chi connectivity index (χ2v) is 39.4. The number of ether oxygens (including phenoxy) is 4. The molecule has 17 rings (SSSR count). The molecular weight excluding hydrogens is 1990 g/mol. The first kappa shape index (κ1) is 112. The summed E-state index contributed by atoms with van der Waals surface area (Å²) in [5.74, 6) is -0.285. The summed E-state index contributed by atoms with van der Waals surface area (Å²) in [6, 6.07) is 103. The predicted octanol–water partition coefficient (Wildman–Crippen LogP) is 22.7. The third-order valence-corrected chi connectivity index (χ3v) is 27.3. The monoisotopic (exact) mass is 2110 g/mol. The summed E-state index contributed by atoms with van der Waals surface area (Å²) >= 11 is 34.4. The molecule has 31 heteroatoms. The van der Waals surface area contributed by atoms with Crippen LogP contribution in [0.2, 0.25) is 20.1 Å². The molecule has 0 amide bonds. The number of piperazine rings is 4. The topological polar surface area (TPSA) is 296 Å². The molecule has 5 fully saturated rings. The highest BCUT2D eigenvalue weighted by Gasteiger charge is 2.35. The molecule has 5 aliphatic rings. The van der Waals surface area contributed by atoms with Crippen LogP contribution >= 0.6 is 79.4 Å². The quantitative estimate of drug-likeness (QED) is 0.0122. The van der Waals surface area contributed by atoms with Gasteiger partial charge in [0.05, 0.1) is 95.0 Å². The van der Waals surface area contributed by atoms with Crippen LogP contribution in [0.4, 0.5) is 27.5 Å². The van der Waals surface area contributed by atoms with Crippen molar-refractivity contribution in [1.29, 1.82) is 22.3 Å². The van der Waals surface area contributed by atoms with E-state index < -0.39 is 21.1 Å². The number of aliphatic hydroxyl groups excluding tert-OH is 2. The van der Waals surface area contributed by atoms with Crippen LogP contribution in [0.3, 0.4) is 0 Å². The Hall–Kier alpha value is -11.5. The van der Waals surface area contributed by atoms with E-state index in [4.69, 9.17) is 94.8 Å². The van der Waals surface area contributed by atoms with Crippen LogP contribution in [0.15, 0.2) is 290 Å². The van der Waals surface area contributed by atoms with Gasteiger partial charge in [0.15, 0.2) is 11.9 Å². The molecule has 5 heterocycles. The van der Waals surface area contributed by atoms with Gasteiger partial charge < -0.3 is 54.1 Å². The van der Waals surface area contributed by atoms with E-state index in [1.54, 1.807) is 28.9 Å². The van der Waals surface area contributed by atoms with Crippen LogP contribution in [0, 0.1) is 52.2 Å². The summed E-state index contributed by atoms with van der Waals surface area (Å²) in [7, 11) is -2.35. The molecule has 0 spiro atoms. The molecule has 0 radical (unpaired) electrons. The second-order valence-electron chi connectivity index (χ2n) is 35.3. The van der Waals surface area contributed by atoms with E-state index in [1.165, 1.54) is 52.4 Å². The second kappa shape index (κ2) is 58.7. The van der Waals surface area contributed by atoms with Crippen LogP contribution in [-0.4, -0.2) is 174 Å². The van der Waals surface area contributed by atoms with E-state index in [9.17, 15) is 44.2 Å². The Kier molecular flexibility index (Phi) is 45.5. The van der Waals surface area contributed by atoms with Crippen molar-refractivity contribution < 1.29 is 51.7 Å². The third kappa shape index (κ3) is 35.1. The molecule has 4 N–H and O–H groups in total. The number of carbonyl (C=O) groups excluding carboxylic acids is 2. The van der Waals surface area contributed by atoms with Crippen molar-refractivity contribution in [3.05, 3.63) is 394 Å². The van der Waals surface area contributed by atoms with Gasteiger partial charge in [-0.05, 0) is 230 Å². The zero-order valence-electron chi connectivity index (χ0n) is 82.5.